The SMILES string of the molecule is COCC1(S(=O)(=O)N2CCCC(O)(C3(C(=O)O)CCC3)C2)CC1. The first kappa shape index (κ1) is 17.1. The van der Waals surface area contributed by atoms with E-state index in [0.29, 0.717) is 45.1 Å². The molecule has 0 radical (unpaired) electrons. The Morgan fingerprint density at radius 1 is 1.17 bits per heavy atom. The maximum Gasteiger partial charge on any atom is 0.312 e. The summed E-state index contributed by atoms with van der Waals surface area (Å²) in [6.07, 6.45) is 3.52. The Morgan fingerprint density at radius 2 is 1.83 bits per heavy atom. The van der Waals surface area contributed by atoms with Crippen molar-refractivity contribution in [3.05, 3.63) is 0 Å². The summed E-state index contributed by atoms with van der Waals surface area (Å²) < 4.78 is 31.4. The fourth-order valence-electron chi connectivity index (χ4n) is 4.16. The minimum atomic E-state index is -3.60. The second kappa shape index (κ2) is 5.40. The predicted molar refractivity (Wildman–Crippen MR) is 82.4 cm³/mol. The van der Waals surface area contributed by atoms with Crippen LogP contribution in [0.15, 0.2) is 0 Å². The van der Waals surface area contributed by atoms with Crippen LogP contribution in [-0.2, 0) is 19.6 Å². The fourth-order valence-corrected chi connectivity index (χ4v) is 6.34. The minimum Gasteiger partial charge on any atom is -0.481 e. The van der Waals surface area contributed by atoms with Crippen molar-refractivity contribution in [3.63, 3.8) is 0 Å². The van der Waals surface area contributed by atoms with Gasteiger partial charge >= 0.3 is 5.97 Å². The number of piperidine rings is 1. The highest BCUT2D eigenvalue weighted by molar-refractivity contribution is 7.90. The summed E-state index contributed by atoms with van der Waals surface area (Å²) in [5.74, 6) is -1.01. The summed E-state index contributed by atoms with van der Waals surface area (Å²) in [5, 5.41) is 20.6. The zero-order valence-electron chi connectivity index (χ0n) is 13.5. The van der Waals surface area contributed by atoms with Crippen molar-refractivity contribution >= 4 is 16.0 Å². The van der Waals surface area contributed by atoms with E-state index in [0.717, 1.165) is 6.42 Å². The van der Waals surface area contributed by atoms with Gasteiger partial charge in [0.2, 0.25) is 10.0 Å². The molecule has 2 N–H and O–H groups in total. The number of sulfonamides is 1. The number of β-amino-alcohol motifs (C(OH)–C–C–N with tert-alkyl or cyclic N) is 1. The fraction of sp³-hybridized carbons (Fsp3) is 0.933. The van der Waals surface area contributed by atoms with Crippen molar-refractivity contribution in [2.45, 2.75) is 55.3 Å². The Balaban J connectivity index is 1.85. The average molecular weight is 347 g/mol. The topological polar surface area (TPSA) is 104 Å². The maximum absolute atomic E-state index is 12.9. The molecule has 1 heterocycles. The molecule has 0 spiro atoms. The van der Waals surface area contributed by atoms with Crippen LogP contribution >= 0.6 is 0 Å². The number of aliphatic hydroxyl groups is 1. The molecule has 1 aliphatic heterocycles. The lowest BCUT2D eigenvalue weighted by atomic mass is 9.56. The van der Waals surface area contributed by atoms with Crippen molar-refractivity contribution in [3.8, 4) is 0 Å². The quantitative estimate of drug-likeness (QED) is 0.728. The van der Waals surface area contributed by atoms with Crippen LogP contribution in [0.4, 0.5) is 0 Å². The standard InChI is InChI=1S/C15H25NO6S/c1-22-11-13(7-8-13)23(20,21)16-9-3-6-15(19,10-16)14(12(17)18)4-2-5-14/h19H,2-11H2,1H3,(H,17,18). The molecule has 2 aliphatic carbocycles. The smallest absolute Gasteiger partial charge is 0.312 e. The number of aliphatic carboxylic acids is 1. The normalized spacial score (nSPS) is 33.0. The second-order valence-corrected chi connectivity index (χ2v) is 9.66. The Morgan fingerprint density at radius 3 is 2.26 bits per heavy atom. The summed E-state index contributed by atoms with van der Waals surface area (Å²) in [4.78, 5) is 11.7. The summed E-state index contributed by atoms with van der Waals surface area (Å²) >= 11 is 0. The van der Waals surface area contributed by atoms with Crippen molar-refractivity contribution in [2.24, 2.45) is 5.41 Å². The van der Waals surface area contributed by atoms with Crippen LogP contribution in [0, 0.1) is 5.41 Å². The zero-order chi connectivity index (χ0) is 16.9. The van der Waals surface area contributed by atoms with E-state index in [2.05, 4.69) is 0 Å². The van der Waals surface area contributed by atoms with Gasteiger partial charge in [0.05, 0.1) is 17.6 Å². The van der Waals surface area contributed by atoms with Crippen LogP contribution in [0.1, 0.15) is 44.9 Å². The molecule has 7 nitrogen and oxygen atoms in total. The third kappa shape index (κ3) is 2.33. The molecular formula is C15H25NO6S. The number of rotatable bonds is 6. The summed E-state index contributed by atoms with van der Waals surface area (Å²) in [5.41, 5.74) is -2.68. The van der Waals surface area contributed by atoms with E-state index in [1.807, 2.05) is 0 Å². The maximum atomic E-state index is 12.9. The van der Waals surface area contributed by atoms with Gasteiger partial charge in [0, 0.05) is 20.2 Å². The lowest BCUT2D eigenvalue weighted by molar-refractivity contribution is -0.191. The zero-order valence-corrected chi connectivity index (χ0v) is 14.3. The predicted octanol–water partition coefficient (Wildman–Crippen LogP) is 0.577. The summed E-state index contributed by atoms with van der Waals surface area (Å²) in [6, 6.07) is 0. The van der Waals surface area contributed by atoms with Gasteiger partial charge in [-0.05, 0) is 38.5 Å². The summed E-state index contributed by atoms with van der Waals surface area (Å²) in [6.45, 7) is 0.368. The van der Waals surface area contributed by atoms with Crippen molar-refractivity contribution in [2.75, 3.05) is 26.8 Å². The van der Waals surface area contributed by atoms with Crippen LogP contribution < -0.4 is 0 Å². The monoisotopic (exact) mass is 347 g/mol. The molecule has 3 aliphatic rings. The van der Waals surface area contributed by atoms with Crippen LogP contribution in [0.25, 0.3) is 0 Å². The number of ether oxygens (including phenoxy) is 1. The van der Waals surface area contributed by atoms with Gasteiger partial charge in [0.25, 0.3) is 0 Å². The molecule has 132 valence electrons. The van der Waals surface area contributed by atoms with E-state index >= 15 is 0 Å². The minimum absolute atomic E-state index is 0.118. The Kier molecular flexibility index (Phi) is 4.03. The van der Waals surface area contributed by atoms with Gasteiger partial charge in [0.15, 0.2) is 0 Å². The number of carboxylic acids is 1. The molecular weight excluding hydrogens is 322 g/mol. The molecule has 2 saturated carbocycles. The molecule has 0 bridgehead atoms. The first-order valence-electron chi connectivity index (χ1n) is 8.18. The van der Waals surface area contributed by atoms with Crippen molar-refractivity contribution < 1.29 is 28.2 Å². The molecule has 1 saturated heterocycles. The number of hydrogen-bond donors (Lipinski definition) is 2. The summed E-state index contributed by atoms with van der Waals surface area (Å²) in [7, 11) is -2.12. The molecule has 23 heavy (non-hydrogen) atoms. The lowest BCUT2D eigenvalue weighted by Gasteiger charge is -2.53. The lowest BCUT2D eigenvalue weighted by Crippen LogP contribution is -2.65. The number of carboxylic acid groups (broad SMARTS) is 1. The molecule has 1 unspecified atom stereocenters. The van der Waals surface area contributed by atoms with Gasteiger partial charge in [-0.1, -0.05) is 6.42 Å². The van der Waals surface area contributed by atoms with E-state index in [4.69, 9.17) is 4.74 Å². The number of nitrogens with zero attached hydrogens (tertiary/aromatic N) is 1. The van der Waals surface area contributed by atoms with Crippen LogP contribution in [0.3, 0.4) is 0 Å². The van der Waals surface area contributed by atoms with Crippen LogP contribution in [0.5, 0.6) is 0 Å². The Hall–Kier alpha value is -0.700. The van der Waals surface area contributed by atoms with E-state index in [1.165, 1.54) is 11.4 Å². The highest BCUT2D eigenvalue weighted by Gasteiger charge is 2.64. The van der Waals surface area contributed by atoms with E-state index in [-0.39, 0.29) is 13.2 Å². The molecule has 0 aromatic rings. The van der Waals surface area contributed by atoms with Crippen molar-refractivity contribution in [1.82, 2.24) is 4.31 Å². The largest absolute Gasteiger partial charge is 0.481 e. The Labute approximate surface area is 136 Å². The van der Waals surface area contributed by atoms with Gasteiger partial charge in [0.1, 0.15) is 4.75 Å². The molecule has 0 amide bonds. The van der Waals surface area contributed by atoms with Crippen LogP contribution in [-0.4, -0.2) is 66.1 Å². The molecule has 8 heteroatoms. The second-order valence-electron chi connectivity index (χ2n) is 7.33. The van der Waals surface area contributed by atoms with Crippen LogP contribution in [0.2, 0.25) is 0 Å². The molecule has 3 fully saturated rings. The number of methoxy groups -OCH3 is 1. The van der Waals surface area contributed by atoms with Gasteiger partial charge in [-0.25, -0.2) is 8.42 Å². The first-order chi connectivity index (χ1) is 10.7. The van der Waals surface area contributed by atoms with E-state index in [1.54, 1.807) is 0 Å². The van der Waals surface area contributed by atoms with Gasteiger partial charge < -0.3 is 14.9 Å². The third-order valence-electron chi connectivity index (χ3n) is 6.05. The third-order valence-corrected chi connectivity index (χ3v) is 8.66. The number of hydrogen-bond acceptors (Lipinski definition) is 5. The van der Waals surface area contributed by atoms with E-state index in [9.17, 15) is 23.4 Å². The van der Waals surface area contributed by atoms with Gasteiger partial charge in [-0.15, -0.1) is 0 Å². The molecule has 1 atom stereocenters. The molecule has 0 aromatic heterocycles. The molecule has 3 rings (SSSR count). The van der Waals surface area contributed by atoms with E-state index < -0.39 is 31.8 Å². The van der Waals surface area contributed by atoms with Gasteiger partial charge in [-0.2, -0.15) is 4.31 Å². The van der Waals surface area contributed by atoms with Crippen molar-refractivity contribution in [1.29, 1.82) is 0 Å². The van der Waals surface area contributed by atoms with Gasteiger partial charge in [-0.3, -0.25) is 4.79 Å². The molecule has 0 aromatic carbocycles. The Bertz CT molecular complexity index is 595. The highest BCUT2D eigenvalue weighted by atomic mass is 32.2. The number of carbonyl (C=O) groups is 1. The average Bonchev–Trinajstić information content (AvgIpc) is 3.18. The first-order valence-corrected chi connectivity index (χ1v) is 9.62. The highest BCUT2D eigenvalue weighted by Crippen LogP contribution is 2.54.